The molecule has 4 atom stereocenters. The van der Waals surface area contributed by atoms with E-state index < -0.39 is 69.0 Å². The fourth-order valence-electron chi connectivity index (χ4n) is 3.85. The molecule has 0 heterocycles. The van der Waals surface area contributed by atoms with E-state index in [1.807, 2.05) is 0 Å². The number of benzene rings is 3. The molecule has 222 valence electrons. The zero-order valence-electron chi connectivity index (χ0n) is 22.5. The van der Waals surface area contributed by atoms with Crippen molar-refractivity contribution in [2.45, 2.75) is 26.1 Å². The first kappa shape index (κ1) is 31.8. The summed E-state index contributed by atoms with van der Waals surface area (Å²) in [7, 11) is 0. The smallest absolute Gasteiger partial charge is 0.352 e. The van der Waals surface area contributed by atoms with Crippen LogP contribution < -0.4 is 10.5 Å². The summed E-state index contributed by atoms with van der Waals surface area (Å²) in [5.74, 6) is -4.39. The quantitative estimate of drug-likeness (QED) is 0.136. The Bertz CT molecular complexity index is 1290. The van der Waals surface area contributed by atoms with E-state index in [9.17, 15) is 40.0 Å². The molecule has 14 nitrogen and oxygen atoms in total. The van der Waals surface area contributed by atoms with Crippen LogP contribution in [0.2, 0.25) is 0 Å². The summed E-state index contributed by atoms with van der Waals surface area (Å²) in [6, 6.07) is 16.5. The van der Waals surface area contributed by atoms with Crippen molar-refractivity contribution < 1.29 is 59.0 Å². The molecule has 0 saturated heterocycles. The Morgan fingerprint density at radius 2 is 1.02 bits per heavy atom. The highest BCUT2D eigenvalue weighted by Crippen LogP contribution is 2.35. The Hall–Kier alpha value is -4.70. The first-order valence-corrected chi connectivity index (χ1v) is 12.6. The number of hydrogen-bond donors (Lipinski definition) is 4. The van der Waals surface area contributed by atoms with Crippen LogP contribution >= 0.6 is 0 Å². The van der Waals surface area contributed by atoms with E-state index in [2.05, 4.69) is 0 Å². The predicted molar refractivity (Wildman–Crippen MR) is 140 cm³/mol. The van der Waals surface area contributed by atoms with Crippen molar-refractivity contribution in [3.63, 3.8) is 0 Å². The van der Waals surface area contributed by atoms with Gasteiger partial charge >= 0.3 is 23.9 Å². The van der Waals surface area contributed by atoms with Gasteiger partial charge < -0.3 is 29.4 Å². The highest BCUT2D eigenvalue weighted by atomic mass is 16.8. The van der Waals surface area contributed by atoms with Gasteiger partial charge in [-0.25, -0.2) is 29.6 Å². The van der Waals surface area contributed by atoms with Crippen molar-refractivity contribution in [1.29, 1.82) is 0 Å². The Labute approximate surface area is 239 Å². The van der Waals surface area contributed by atoms with Crippen LogP contribution in [-0.4, -0.2) is 47.5 Å². The van der Waals surface area contributed by atoms with E-state index in [0.717, 1.165) is 6.07 Å². The highest BCUT2D eigenvalue weighted by molar-refractivity contribution is 5.93. The van der Waals surface area contributed by atoms with Crippen molar-refractivity contribution in [1.82, 2.24) is 0 Å². The van der Waals surface area contributed by atoms with E-state index >= 15 is 0 Å². The van der Waals surface area contributed by atoms with Gasteiger partial charge in [0.15, 0.2) is 11.4 Å². The number of carbonyl (C=O) groups excluding carboxylic acids is 4. The molecule has 3 rings (SSSR count). The molecule has 0 spiro atoms. The monoisotopic (exact) mass is 584 g/mol. The molecule has 0 bridgehead atoms. The van der Waals surface area contributed by atoms with Crippen molar-refractivity contribution in [3.8, 4) is 0 Å². The van der Waals surface area contributed by atoms with Crippen molar-refractivity contribution >= 4 is 35.3 Å². The van der Waals surface area contributed by atoms with Gasteiger partial charge in [0.1, 0.15) is 0 Å². The highest BCUT2D eigenvalue weighted by Gasteiger charge is 2.38. The van der Waals surface area contributed by atoms with Crippen LogP contribution in [0.1, 0.15) is 57.9 Å². The minimum Gasteiger partial charge on any atom is -0.595 e. The summed E-state index contributed by atoms with van der Waals surface area (Å²) in [6.45, 7) is 2.57. The molecule has 14 heteroatoms. The first-order valence-electron chi connectivity index (χ1n) is 12.6. The average Bonchev–Trinajstić information content (AvgIpc) is 2.98. The maximum absolute atomic E-state index is 13.0. The van der Waals surface area contributed by atoms with E-state index in [4.69, 9.17) is 18.9 Å². The molecule has 0 aliphatic carbocycles. The Morgan fingerprint density at radius 3 is 1.33 bits per heavy atom. The van der Waals surface area contributed by atoms with Gasteiger partial charge in [-0.3, -0.25) is 0 Å². The predicted octanol–water partition coefficient (Wildman–Crippen LogP) is 1.42. The third-order valence-electron chi connectivity index (χ3n) is 5.72. The van der Waals surface area contributed by atoms with Gasteiger partial charge in [0.05, 0.1) is 41.5 Å². The number of esters is 4. The molecular formula is C28H28N2O12. The van der Waals surface area contributed by atoms with Crippen LogP contribution in [0, 0.1) is 10.4 Å². The molecule has 3 aromatic carbocycles. The van der Waals surface area contributed by atoms with Crippen LogP contribution in [0.4, 0.5) is 11.4 Å². The second-order valence-electron chi connectivity index (χ2n) is 8.44. The Kier molecular flexibility index (Phi) is 11.2. The number of nitrogens with one attached hydrogen (secondary N) is 2. The summed E-state index contributed by atoms with van der Waals surface area (Å²) in [4.78, 5) is 51.8. The molecule has 0 aromatic heterocycles. The average molecular weight is 585 g/mol. The van der Waals surface area contributed by atoms with E-state index in [-0.39, 0.29) is 24.3 Å². The SMILES string of the molecule is CCOC(=O)[C@H](OC(=O)c1ccccc1)c1cc([C@@H](OC(=O)c2ccccc2)C(=O)OCC)c([NH+]([O-])O)cc1[NH+]([O-])O. The summed E-state index contributed by atoms with van der Waals surface area (Å²) in [5, 5.41) is 41.0. The van der Waals surface area contributed by atoms with E-state index in [1.54, 1.807) is 12.1 Å². The minimum absolute atomic E-state index is 0.0206. The maximum Gasteiger partial charge on any atom is 0.352 e. The molecule has 0 aliphatic heterocycles. The fraction of sp³-hybridized carbons (Fsp3) is 0.214. The standard InChI is InChI=1S/C28H28N2O12/c1-3-39-27(33)23(41-25(31)17-11-7-5-8-12-17)19-15-20(22(30(37)38)16-21(19)29(35)36)24(28(34)40-4-2)42-26(32)18-13-9-6-10-14-18/h5-16,23-24,29-30,35,37H,3-4H2,1-2H3/t23-,24-/m1/s1. The van der Waals surface area contributed by atoms with Gasteiger partial charge in [0.2, 0.25) is 12.2 Å². The molecule has 0 fully saturated rings. The second-order valence-corrected chi connectivity index (χ2v) is 8.44. The number of ether oxygens (including phenoxy) is 4. The van der Waals surface area contributed by atoms with Gasteiger partial charge in [-0.15, -0.1) is 0 Å². The minimum atomic E-state index is -2.02. The summed E-state index contributed by atoms with van der Waals surface area (Å²) < 4.78 is 20.8. The number of quaternary nitrogens is 2. The zero-order valence-corrected chi connectivity index (χ0v) is 22.5. The summed E-state index contributed by atoms with van der Waals surface area (Å²) >= 11 is 0. The van der Waals surface area contributed by atoms with Crippen LogP contribution in [0.15, 0.2) is 72.8 Å². The molecule has 3 aromatic rings. The molecule has 0 saturated carbocycles. The van der Waals surface area contributed by atoms with E-state index in [1.165, 1.54) is 62.4 Å². The van der Waals surface area contributed by atoms with Crippen LogP contribution in [0.25, 0.3) is 0 Å². The van der Waals surface area contributed by atoms with Crippen LogP contribution in [-0.2, 0) is 28.5 Å². The van der Waals surface area contributed by atoms with Crippen molar-refractivity contribution in [3.05, 3.63) is 105 Å². The zero-order chi connectivity index (χ0) is 30.8. The molecule has 0 amide bonds. The summed E-state index contributed by atoms with van der Waals surface area (Å²) in [6.07, 6.45) is -4.03. The lowest BCUT2D eigenvalue weighted by Crippen LogP contribution is -3.01. The lowest BCUT2D eigenvalue weighted by atomic mass is 9.98. The molecule has 0 aliphatic rings. The largest absolute Gasteiger partial charge is 0.595 e. The molecule has 0 radical (unpaired) electrons. The van der Waals surface area contributed by atoms with Gasteiger partial charge in [0, 0.05) is 0 Å². The van der Waals surface area contributed by atoms with Gasteiger partial charge in [0.25, 0.3) is 0 Å². The summed E-state index contributed by atoms with van der Waals surface area (Å²) in [5.41, 5.74) is -2.51. The number of rotatable bonds is 12. The van der Waals surface area contributed by atoms with Gasteiger partial charge in [-0.05, 0) is 44.2 Å². The third-order valence-corrected chi connectivity index (χ3v) is 5.72. The van der Waals surface area contributed by atoms with Gasteiger partial charge in [-0.1, -0.05) is 36.4 Å². The second kappa shape index (κ2) is 14.8. The first-order chi connectivity index (χ1) is 20.1. The third kappa shape index (κ3) is 7.73. The molecule has 4 N–H and O–H groups in total. The Balaban J connectivity index is 2.23. The number of carbonyl (C=O) groups is 4. The molecular weight excluding hydrogens is 556 g/mol. The Morgan fingerprint density at radius 1 is 0.667 bits per heavy atom. The van der Waals surface area contributed by atoms with Gasteiger partial charge in [-0.2, -0.15) is 10.5 Å². The van der Waals surface area contributed by atoms with Crippen LogP contribution in [0.5, 0.6) is 0 Å². The van der Waals surface area contributed by atoms with Crippen molar-refractivity contribution in [2.24, 2.45) is 0 Å². The lowest BCUT2D eigenvalue weighted by Gasteiger charge is -2.26. The lowest BCUT2D eigenvalue weighted by molar-refractivity contribution is -0.996. The normalized spacial score (nSPS) is 13.7. The van der Waals surface area contributed by atoms with Crippen LogP contribution in [0.3, 0.4) is 0 Å². The topological polar surface area (TPSA) is 201 Å². The number of hydrogen-bond acceptors (Lipinski definition) is 12. The molecule has 42 heavy (non-hydrogen) atoms. The maximum atomic E-state index is 13.0. The van der Waals surface area contributed by atoms with Crippen molar-refractivity contribution in [2.75, 3.05) is 13.2 Å². The fourth-order valence-corrected chi connectivity index (χ4v) is 3.85. The molecule has 2 unspecified atom stereocenters. The van der Waals surface area contributed by atoms with E-state index in [0.29, 0.717) is 6.07 Å².